The van der Waals surface area contributed by atoms with E-state index in [-0.39, 0.29) is 23.9 Å². The standard InChI is InChI=1S/C20H29NO4S/c1-4-5-11-24-20(23)17-14-26-19(12-15(2)3)21(17)18(22)13-25-16-9-7-6-8-10-16/h6-10,15,17,19H,4-5,11-14H2,1-3H3. The molecule has 1 amide bonds. The Morgan fingerprint density at radius 1 is 1.27 bits per heavy atom. The molecule has 26 heavy (non-hydrogen) atoms. The minimum atomic E-state index is -0.521. The summed E-state index contributed by atoms with van der Waals surface area (Å²) in [7, 11) is 0. The second-order valence-electron chi connectivity index (χ2n) is 6.86. The number of hydrogen-bond donors (Lipinski definition) is 0. The number of carbonyl (C=O) groups excluding carboxylic acids is 2. The molecule has 0 radical (unpaired) electrons. The van der Waals surface area contributed by atoms with Crippen LogP contribution in [0, 0.1) is 5.92 Å². The van der Waals surface area contributed by atoms with Crippen LogP contribution >= 0.6 is 11.8 Å². The maximum atomic E-state index is 12.8. The Morgan fingerprint density at radius 3 is 2.65 bits per heavy atom. The molecule has 0 bridgehead atoms. The highest BCUT2D eigenvalue weighted by Crippen LogP contribution is 2.34. The fraction of sp³-hybridized carbons (Fsp3) is 0.600. The minimum absolute atomic E-state index is 0.00871. The van der Waals surface area contributed by atoms with Crippen LogP contribution in [0.25, 0.3) is 0 Å². The maximum absolute atomic E-state index is 12.8. The molecule has 1 aliphatic rings. The molecular weight excluding hydrogens is 350 g/mol. The zero-order chi connectivity index (χ0) is 18.9. The van der Waals surface area contributed by atoms with Crippen LogP contribution in [0.2, 0.25) is 0 Å². The van der Waals surface area contributed by atoms with E-state index < -0.39 is 6.04 Å². The number of unbranched alkanes of at least 4 members (excludes halogenated alkanes) is 1. The van der Waals surface area contributed by atoms with Crippen LogP contribution in [0.15, 0.2) is 30.3 Å². The van der Waals surface area contributed by atoms with Gasteiger partial charge in [0.1, 0.15) is 11.8 Å². The highest BCUT2D eigenvalue weighted by atomic mass is 32.2. The van der Waals surface area contributed by atoms with Crippen LogP contribution in [-0.2, 0) is 14.3 Å². The van der Waals surface area contributed by atoms with Gasteiger partial charge in [-0.15, -0.1) is 11.8 Å². The van der Waals surface area contributed by atoms with Crippen LogP contribution in [-0.4, -0.2) is 47.2 Å². The van der Waals surface area contributed by atoms with Crippen molar-refractivity contribution in [3.05, 3.63) is 30.3 Å². The predicted octanol–water partition coefficient (Wildman–Crippen LogP) is 3.72. The van der Waals surface area contributed by atoms with Crippen molar-refractivity contribution in [2.75, 3.05) is 19.0 Å². The summed E-state index contributed by atoms with van der Waals surface area (Å²) < 4.78 is 11.0. The van der Waals surface area contributed by atoms with Crippen LogP contribution < -0.4 is 4.74 Å². The average molecular weight is 380 g/mol. The number of hydrogen-bond acceptors (Lipinski definition) is 5. The predicted molar refractivity (Wildman–Crippen MR) is 104 cm³/mol. The van der Waals surface area contributed by atoms with Crippen molar-refractivity contribution < 1.29 is 19.1 Å². The molecule has 144 valence electrons. The zero-order valence-electron chi connectivity index (χ0n) is 15.8. The molecule has 0 aromatic heterocycles. The molecule has 1 aliphatic heterocycles. The van der Waals surface area contributed by atoms with E-state index in [2.05, 4.69) is 20.8 Å². The quantitative estimate of drug-likeness (QED) is 0.483. The Balaban J connectivity index is 2.02. The molecule has 1 fully saturated rings. The summed E-state index contributed by atoms with van der Waals surface area (Å²) in [6.07, 6.45) is 2.66. The van der Waals surface area contributed by atoms with E-state index in [0.717, 1.165) is 19.3 Å². The summed E-state index contributed by atoms with van der Waals surface area (Å²) in [6, 6.07) is 8.73. The lowest BCUT2D eigenvalue weighted by molar-refractivity contribution is -0.155. The van der Waals surface area contributed by atoms with E-state index in [9.17, 15) is 9.59 Å². The van der Waals surface area contributed by atoms with Gasteiger partial charge in [0.2, 0.25) is 0 Å². The van der Waals surface area contributed by atoms with Crippen LogP contribution in [0.1, 0.15) is 40.0 Å². The lowest BCUT2D eigenvalue weighted by Crippen LogP contribution is -2.48. The molecule has 0 N–H and O–H groups in total. The molecule has 0 aliphatic carbocycles. The van der Waals surface area contributed by atoms with E-state index in [0.29, 0.717) is 24.0 Å². The smallest absolute Gasteiger partial charge is 0.329 e. The van der Waals surface area contributed by atoms with E-state index in [4.69, 9.17) is 9.47 Å². The number of nitrogens with zero attached hydrogens (tertiary/aromatic N) is 1. The van der Waals surface area contributed by atoms with Crippen molar-refractivity contribution in [2.24, 2.45) is 5.92 Å². The Morgan fingerprint density at radius 2 is 2.00 bits per heavy atom. The summed E-state index contributed by atoms with van der Waals surface area (Å²) >= 11 is 1.65. The fourth-order valence-corrected chi connectivity index (χ4v) is 4.46. The van der Waals surface area contributed by atoms with E-state index >= 15 is 0 Å². The number of para-hydroxylation sites is 1. The van der Waals surface area contributed by atoms with Gasteiger partial charge in [-0.3, -0.25) is 4.79 Å². The topological polar surface area (TPSA) is 55.8 Å². The highest BCUT2D eigenvalue weighted by Gasteiger charge is 2.42. The molecule has 1 aromatic carbocycles. The first-order valence-corrected chi connectivity index (χ1v) is 10.3. The highest BCUT2D eigenvalue weighted by molar-refractivity contribution is 8.00. The number of benzene rings is 1. The van der Waals surface area contributed by atoms with E-state index in [1.165, 1.54) is 0 Å². The molecule has 5 nitrogen and oxygen atoms in total. The van der Waals surface area contributed by atoms with Crippen LogP contribution in [0.4, 0.5) is 0 Å². The largest absolute Gasteiger partial charge is 0.484 e. The lowest BCUT2D eigenvalue weighted by Gasteiger charge is -2.29. The molecule has 1 saturated heterocycles. The normalized spacial score (nSPS) is 19.6. The summed E-state index contributed by atoms with van der Waals surface area (Å²) in [5.41, 5.74) is 0. The second-order valence-corrected chi connectivity index (χ2v) is 8.07. The van der Waals surface area contributed by atoms with Crippen LogP contribution in [0.5, 0.6) is 5.75 Å². The number of rotatable bonds is 9. The van der Waals surface area contributed by atoms with E-state index in [1.807, 2.05) is 30.3 Å². The minimum Gasteiger partial charge on any atom is -0.484 e. The van der Waals surface area contributed by atoms with Crippen molar-refractivity contribution in [1.29, 1.82) is 0 Å². The van der Waals surface area contributed by atoms with Gasteiger partial charge in [-0.05, 0) is 30.9 Å². The summed E-state index contributed by atoms with van der Waals surface area (Å²) in [6.45, 7) is 6.63. The average Bonchev–Trinajstić information content (AvgIpc) is 3.03. The molecule has 2 unspecified atom stereocenters. The van der Waals surface area contributed by atoms with Gasteiger partial charge in [-0.25, -0.2) is 4.79 Å². The molecule has 2 atom stereocenters. The number of amides is 1. The Labute approximate surface area is 160 Å². The third-order valence-corrected chi connectivity index (χ3v) is 5.49. The molecule has 0 saturated carbocycles. The molecule has 1 aromatic rings. The van der Waals surface area contributed by atoms with E-state index in [1.54, 1.807) is 16.7 Å². The Kier molecular flexibility index (Phi) is 8.29. The Hall–Kier alpha value is -1.69. The fourth-order valence-electron chi connectivity index (χ4n) is 2.81. The van der Waals surface area contributed by atoms with Crippen molar-refractivity contribution >= 4 is 23.6 Å². The third-order valence-electron chi connectivity index (χ3n) is 4.17. The third kappa shape index (κ3) is 5.94. The van der Waals surface area contributed by atoms with Gasteiger partial charge >= 0.3 is 5.97 Å². The number of ether oxygens (including phenoxy) is 2. The Bertz CT molecular complexity index is 578. The van der Waals surface area contributed by atoms with Gasteiger partial charge in [-0.2, -0.15) is 0 Å². The summed E-state index contributed by atoms with van der Waals surface area (Å²) in [4.78, 5) is 27.0. The van der Waals surface area contributed by atoms with Crippen molar-refractivity contribution in [1.82, 2.24) is 4.90 Å². The summed E-state index contributed by atoms with van der Waals surface area (Å²) in [5, 5.41) is -0.00871. The van der Waals surface area contributed by atoms with Gasteiger partial charge in [0.15, 0.2) is 6.61 Å². The number of carbonyl (C=O) groups is 2. The second kappa shape index (κ2) is 10.5. The zero-order valence-corrected chi connectivity index (χ0v) is 16.7. The lowest BCUT2D eigenvalue weighted by atomic mass is 10.1. The van der Waals surface area contributed by atoms with Crippen LogP contribution in [0.3, 0.4) is 0 Å². The van der Waals surface area contributed by atoms with Crippen molar-refractivity contribution in [3.8, 4) is 5.75 Å². The first-order chi connectivity index (χ1) is 12.5. The molecular formula is C20H29NO4S. The first kappa shape index (κ1) is 20.6. The molecule has 0 spiro atoms. The van der Waals surface area contributed by atoms with Gasteiger partial charge in [-0.1, -0.05) is 45.4 Å². The molecule has 2 rings (SSSR count). The van der Waals surface area contributed by atoms with Gasteiger partial charge in [0.25, 0.3) is 5.91 Å². The number of esters is 1. The molecule has 1 heterocycles. The SMILES string of the molecule is CCCCOC(=O)C1CSC(CC(C)C)N1C(=O)COc1ccccc1. The molecule has 6 heteroatoms. The summed E-state index contributed by atoms with van der Waals surface area (Å²) in [5.74, 6) is 1.20. The van der Waals surface area contributed by atoms with Gasteiger partial charge < -0.3 is 14.4 Å². The first-order valence-electron chi connectivity index (χ1n) is 9.30. The number of thioether (sulfide) groups is 1. The monoisotopic (exact) mass is 379 g/mol. The van der Waals surface area contributed by atoms with Crippen molar-refractivity contribution in [3.63, 3.8) is 0 Å². The maximum Gasteiger partial charge on any atom is 0.329 e. The van der Waals surface area contributed by atoms with Gasteiger partial charge in [0.05, 0.1) is 12.0 Å². The van der Waals surface area contributed by atoms with Crippen molar-refractivity contribution in [2.45, 2.75) is 51.4 Å². The van der Waals surface area contributed by atoms with Gasteiger partial charge in [0, 0.05) is 5.75 Å².